The van der Waals surface area contributed by atoms with Gasteiger partial charge < -0.3 is 10.1 Å². The molecule has 3 heterocycles. The lowest BCUT2D eigenvalue weighted by atomic mass is 9.94. The number of amides is 1. The first-order valence-corrected chi connectivity index (χ1v) is 8.43. The first kappa shape index (κ1) is 16.4. The molecule has 26 heavy (non-hydrogen) atoms. The Kier molecular flexibility index (Phi) is 4.41. The van der Waals surface area contributed by atoms with Crippen molar-refractivity contribution in [1.29, 1.82) is 0 Å². The molecular weight excluding hydrogens is 328 g/mol. The molecule has 1 aliphatic rings. The van der Waals surface area contributed by atoms with E-state index >= 15 is 0 Å². The predicted octanol–water partition coefficient (Wildman–Crippen LogP) is 3.21. The maximum Gasteiger partial charge on any atom is 0.259 e. The van der Waals surface area contributed by atoms with Gasteiger partial charge in [0.2, 0.25) is 0 Å². The number of ether oxygens (including phenoxy) is 1. The van der Waals surface area contributed by atoms with Gasteiger partial charge in [-0.1, -0.05) is 24.3 Å². The van der Waals surface area contributed by atoms with Crippen molar-refractivity contribution in [3.05, 3.63) is 71.9 Å². The summed E-state index contributed by atoms with van der Waals surface area (Å²) in [5.74, 6) is 1.32. The van der Waals surface area contributed by atoms with Crippen LogP contribution in [0.5, 0.6) is 0 Å². The third-order valence-corrected chi connectivity index (χ3v) is 4.38. The van der Waals surface area contributed by atoms with E-state index < -0.39 is 0 Å². The minimum atomic E-state index is -0.280. The van der Waals surface area contributed by atoms with E-state index in [2.05, 4.69) is 44.5 Å². The summed E-state index contributed by atoms with van der Waals surface area (Å²) in [7, 11) is 0. The molecule has 1 fully saturated rings. The summed E-state index contributed by atoms with van der Waals surface area (Å²) in [6, 6.07) is 12.2. The highest BCUT2D eigenvalue weighted by molar-refractivity contribution is 6.03. The van der Waals surface area contributed by atoms with E-state index in [9.17, 15) is 4.79 Å². The maximum absolute atomic E-state index is 12.2. The quantitative estimate of drug-likeness (QED) is 0.785. The molecule has 0 bridgehead atoms. The number of hydrogen-bond acceptors (Lipinski definition) is 5. The van der Waals surface area contributed by atoms with E-state index in [-0.39, 0.29) is 5.91 Å². The Balaban J connectivity index is 1.48. The predicted molar refractivity (Wildman–Crippen MR) is 98.0 cm³/mol. The summed E-state index contributed by atoms with van der Waals surface area (Å²) in [5, 5.41) is 2.76. The van der Waals surface area contributed by atoms with E-state index in [1.165, 1.54) is 18.0 Å². The standard InChI is InChI=1S/C20H18N4O2/c1-13-21-9-17(10-22-13)20(25)24-19-6-5-16(8-23-19)14-3-2-4-15(7-14)18-11-26-12-18/h2-10,18H,11-12H2,1H3,(H,23,24,25). The van der Waals surface area contributed by atoms with E-state index in [0.717, 1.165) is 24.3 Å². The Morgan fingerprint density at radius 2 is 1.85 bits per heavy atom. The lowest BCUT2D eigenvalue weighted by Gasteiger charge is -2.26. The Labute approximate surface area is 151 Å². The van der Waals surface area contributed by atoms with Crippen LogP contribution in [0.1, 0.15) is 27.7 Å². The molecule has 6 nitrogen and oxygen atoms in total. The SMILES string of the molecule is Cc1ncc(C(=O)Nc2ccc(-c3cccc(C4COC4)c3)cn2)cn1. The molecule has 2 aromatic heterocycles. The summed E-state index contributed by atoms with van der Waals surface area (Å²) in [6.45, 7) is 3.35. The summed E-state index contributed by atoms with van der Waals surface area (Å²) >= 11 is 0. The third-order valence-electron chi connectivity index (χ3n) is 4.38. The highest BCUT2D eigenvalue weighted by Gasteiger charge is 2.20. The Bertz CT molecular complexity index is 919. The minimum absolute atomic E-state index is 0.280. The molecule has 0 saturated carbocycles. The van der Waals surface area contributed by atoms with Crippen LogP contribution >= 0.6 is 0 Å². The molecular formula is C20H18N4O2. The highest BCUT2D eigenvalue weighted by atomic mass is 16.5. The van der Waals surface area contributed by atoms with Gasteiger partial charge >= 0.3 is 0 Å². The molecule has 130 valence electrons. The van der Waals surface area contributed by atoms with Crippen molar-refractivity contribution in [3.63, 3.8) is 0 Å². The average Bonchev–Trinajstić information content (AvgIpc) is 2.62. The first-order chi connectivity index (χ1) is 12.7. The van der Waals surface area contributed by atoms with Crippen LogP contribution in [0.2, 0.25) is 0 Å². The third kappa shape index (κ3) is 3.45. The molecule has 0 aliphatic carbocycles. The van der Waals surface area contributed by atoms with Gasteiger partial charge in [-0.05, 0) is 30.2 Å². The van der Waals surface area contributed by atoms with Crippen molar-refractivity contribution in [2.45, 2.75) is 12.8 Å². The lowest BCUT2D eigenvalue weighted by Crippen LogP contribution is -2.24. The second-order valence-electron chi connectivity index (χ2n) is 6.27. The smallest absolute Gasteiger partial charge is 0.259 e. The second kappa shape index (κ2) is 7.01. The highest BCUT2D eigenvalue weighted by Crippen LogP contribution is 2.28. The fourth-order valence-electron chi connectivity index (χ4n) is 2.74. The van der Waals surface area contributed by atoms with Gasteiger partial charge in [0.25, 0.3) is 5.91 Å². The van der Waals surface area contributed by atoms with Crippen LogP contribution in [-0.4, -0.2) is 34.1 Å². The van der Waals surface area contributed by atoms with E-state index in [1.807, 2.05) is 6.07 Å². The Morgan fingerprint density at radius 3 is 2.50 bits per heavy atom. The zero-order valence-electron chi connectivity index (χ0n) is 14.3. The molecule has 1 amide bonds. The Morgan fingerprint density at radius 1 is 1.04 bits per heavy atom. The fraction of sp³-hybridized carbons (Fsp3) is 0.200. The van der Waals surface area contributed by atoms with Gasteiger partial charge in [0.05, 0.1) is 18.8 Å². The van der Waals surface area contributed by atoms with Crippen molar-refractivity contribution in [2.75, 3.05) is 18.5 Å². The monoisotopic (exact) mass is 346 g/mol. The molecule has 0 radical (unpaired) electrons. The van der Waals surface area contributed by atoms with Crippen LogP contribution in [0.4, 0.5) is 5.82 Å². The minimum Gasteiger partial charge on any atom is -0.380 e. The number of carbonyl (C=O) groups excluding carboxylic acids is 1. The largest absolute Gasteiger partial charge is 0.380 e. The van der Waals surface area contributed by atoms with Crippen molar-refractivity contribution in [1.82, 2.24) is 15.0 Å². The number of aryl methyl sites for hydroxylation is 1. The van der Waals surface area contributed by atoms with E-state index in [1.54, 1.807) is 19.2 Å². The van der Waals surface area contributed by atoms with Crippen molar-refractivity contribution < 1.29 is 9.53 Å². The number of pyridine rings is 1. The van der Waals surface area contributed by atoms with E-state index in [0.29, 0.717) is 23.1 Å². The molecule has 1 N–H and O–H groups in total. The van der Waals surface area contributed by atoms with Gasteiger partial charge in [-0.2, -0.15) is 0 Å². The maximum atomic E-state index is 12.2. The van der Waals surface area contributed by atoms with Gasteiger partial charge in [0.1, 0.15) is 11.6 Å². The van der Waals surface area contributed by atoms with Crippen LogP contribution in [0, 0.1) is 6.92 Å². The molecule has 0 atom stereocenters. The zero-order valence-corrected chi connectivity index (χ0v) is 14.3. The second-order valence-corrected chi connectivity index (χ2v) is 6.27. The summed E-state index contributed by atoms with van der Waals surface area (Å²) < 4.78 is 5.27. The topological polar surface area (TPSA) is 77.0 Å². The zero-order chi connectivity index (χ0) is 17.9. The summed E-state index contributed by atoms with van der Waals surface area (Å²) in [4.78, 5) is 24.6. The molecule has 3 aromatic rings. The van der Waals surface area contributed by atoms with Crippen molar-refractivity contribution in [2.24, 2.45) is 0 Å². The lowest BCUT2D eigenvalue weighted by molar-refractivity contribution is 0.00844. The molecule has 0 unspecified atom stereocenters. The first-order valence-electron chi connectivity index (χ1n) is 8.43. The van der Waals surface area contributed by atoms with Gasteiger partial charge in [0, 0.05) is 30.1 Å². The molecule has 6 heteroatoms. The molecule has 0 spiro atoms. The van der Waals surface area contributed by atoms with E-state index in [4.69, 9.17) is 4.74 Å². The number of anilines is 1. The van der Waals surface area contributed by atoms with Gasteiger partial charge in [-0.3, -0.25) is 4.79 Å². The van der Waals surface area contributed by atoms with Crippen molar-refractivity contribution in [3.8, 4) is 11.1 Å². The van der Waals surface area contributed by atoms with Crippen LogP contribution < -0.4 is 5.32 Å². The summed E-state index contributed by atoms with van der Waals surface area (Å²) in [5.41, 5.74) is 3.79. The van der Waals surface area contributed by atoms with Crippen LogP contribution in [0.3, 0.4) is 0 Å². The van der Waals surface area contributed by atoms with Gasteiger partial charge in [-0.15, -0.1) is 0 Å². The number of nitrogens with zero attached hydrogens (tertiary/aromatic N) is 3. The Hall–Kier alpha value is -3.12. The molecule has 1 saturated heterocycles. The normalized spacial score (nSPS) is 13.9. The van der Waals surface area contributed by atoms with Crippen molar-refractivity contribution >= 4 is 11.7 Å². The molecule has 1 aliphatic heterocycles. The summed E-state index contributed by atoms with van der Waals surface area (Å²) in [6.07, 6.45) is 4.76. The van der Waals surface area contributed by atoms with Crippen LogP contribution in [-0.2, 0) is 4.74 Å². The fourth-order valence-corrected chi connectivity index (χ4v) is 2.74. The number of aromatic nitrogens is 3. The number of hydrogen-bond donors (Lipinski definition) is 1. The van der Waals surface area contributed by atoms with Gasteiger partial charge in [0.15, 0.2) is 0 Å². The van der Waals surface area contributed by atoms with Crippen LogP contribution in [0.15, 0.2) is 55.0 Å². The number of carbonyl (C=O) groups is 1. The number of rotatable bonds is 4. The molecule has 1 aromatic carbocycles. The number of nitrogens with one attached hydrogen (secondary N) is 1. The van der Waals surface area contributed by atoms with Gasteiger partial charge in [-0.25, -0.2) is 15.0 Å². The molecule has 4 rings (SSSR count). The number of benzene rings is 1. The average molecular weight is 346 g/mol. The van der Waals surface area contributed by atoms with Crippen LogP contribution in [0.25, 0.3) is 11.1 Å².